The van der Waals surface area contributed by atoms with Crippen molar-refractivity contribution in [3.05, 3.63) is 62.7 Å². The third kappa shape index (κ3) is 4.61. The monoisotopic (exact) mass is 578 g/mol. The molecule has 1 atom stereocenters. The van der Waals surface area contributed by atoms with E-state index >= 15 is 0 Å². The molecule has 0 amide bonds. The second-order valence-corrected chi connectivity index (χ2v) is 13.4. The van der Waals surface area contributed by atoms with Gasteiger partial charge in [0.05, 0.1) is 27.5 Å². The number of thiazole rings is 1. The van der Waals surface area contributed by atoms with Crippen LogP contribution in [0, 0.1) is 13.8 Å². The molecule has 0 aliphatic carbocycles. The Morgan fingerprint density at radius 3 is 2.55 bits per heavy atom. The van der Waals surface area contributed by atoms with Crippen molar-refractivity contribution in [2.45, 2.75) is 65.8 Å². The number of anilines is 2. The van der Waals surface area contributed by atoms with E-state index in [4.69, 9.17) is 21.3 Å². The van der Waals surface area contributed by atoms with Crippen molar-refractivity contribution in [3.8, 4) is 11.1 Å². The SMILES string of the molecule is Cc1ccc(-c2c([C@H](OC(C)(C)C)C(=O)O)c(Cl)c3c4c2cc(C)n4CCN3c2nc3c(s2)CN(C)CC3)cc1. The predicted octanol–water partition coefficient (Wildman–Crippen LogP) is 7.12. The van der Waals surface area contributed by atoms with Gasteiger partial charge in [-0.15, -0.1) is 0 Å². The zero-order valence-electron chi connectivity index (χ0n) is 23.8. The van der Waals surface area contributed by atoms with Gasteiger partial charge in [-0.3, -0.25) is 0 Å². The topological polar surface area (TPSA) is 70.8 Å². The first-order valence-corrected chi connectivity index (χ1v) is 14.9. The molecule has 2 aliphatic rings. The lowest BCUT2D eigenvalue weighted by Crippen LogP contribution is -2.30. The molecule has 4 heterocycles. The lowest BCUT2D eigenvalue weighted by atomic mass is 9.90. The van der Waals surface area contributed by atoms with Gasteiger partial charge in [0.15, 0.2) is 11.2 Å². The Labute approximate surface area is 243 Å². The van der Waals surface area contributed by atoms with Crippen LogP contribution in [0.15, 0.2) is 30.3 Å². The van der Waals surface area contributed by atoms with Crippen LogP contribution < -0.4 is 4.90 Å². The molecule has 210 valence electrons. The van der Waals surface area contributed by atoms with E-state index < -0.39 is 17.7 Å². The summed E-state index contributed by atoms with van der Waals surface area (Å²) in [6.07, 6.45) is -0.331. The van der Waals surface area contributed by atoms with Crippen molar-refractivity contribution in [1.82, 2.24) is 14.5 Å². The highest BCUT2D eigenvalue weighted by Gasteiger charge is 2.38. The molecule has 0 radical (unpaired) electrons. The molecule has 0 bridgehead atoms. The first kappa shape index (κ1) is 27.3. The average molecular weight is 579 g/mol. The Kier molecular flexibility index (Phi) is 6.73. The van der Waals surface area contributed by atoms with E-state index in [1.807, 2.05) is 52.0 Å². The van der Waals surface area contributed by atoms with E-state index in [1.165, 1.54) is 4.88 Å². The van der Waals surface area contributed by atoms with E-state index in [0.717, 1.165) is 75.9 Å². The predicted molar refractivity (Wildman–Crippen MR) is 162 cm³/mol. The van der Waals surface area contributed by atoms with Crippen molar-refractivity contribution >= 4 is 50.6 Å². The van der Waals surface area contributed by atoms with E-state index in [1.54, 1.807) is 11.3 Å². The number of aryl methyl sites for hydroxylation is 2. The number of ether oxygens (including phenoxy) is 1. The van der Waals surface area contributed by atoms with Gasteiger partial charge >= 0.3 is 5.97 Å². The first-order valence-electron chi connectivity index (χ1n) is 13.7. The zero-order valence-corrected chi connectivity index (χ0v) is 25.4. The molecule has 7 nitrogen and oxygen atoms in total. The molecule has 0 unspecified atom stereocenters. The summed E-state index contributed by atoms with van der Waals surface area (Å²) >= 11 is 9.13. The molecular weight excluding hydrogens is 544 g/mol. The number of halogens is 1. The van der Waals surface area contributed by atoms with E-state index in [-0.39, 0.29) is 0 Å². The molecule has 0 spiro atoms. The fourth-order valence-electron chi connectivity index (χ4n) is 5.94. The summed E-state index contributed by atoms with van der Waals surface area (Å²) < 4.78 is 8.55. The quantitative estimate of drug-likeness (QED) is 0.272. The minimum Gasteiger partial charge on any atom is -0.479 e. The molecule has 2 aliphatic heterocycles. The minimum absolute atomic E-state index is 0.407. The molecule has 0 saturated heterocycles. The smallest absolute Gasteiger partial charge is 0.337 e. The van der Waals surface area contributed by atoms with Crippen LogP contribution in [0.3, 0.4) is 0 Å². The second-order valence-electron chi connectivity index (χ2n) is 12.0. The molecule has 2 aromatic carbocycles. The molecule has 0 saturated carbocycles. The fourth-order valence-corrected chi connectivity index (χ4v) is 7.54. The van der Waals surface area contributed by atoms with Crippen LogP contribution in [0.4, 0.5) is 10.8 Å². The number of aliphatic carboxylic acids is 1. The van der Waals surface area contributed by atoms with Crippen LogP contribution in [-0.4, -0.2) is 51.3 Å². The molecule has 6 rings (SSSR count). The van der Waals surface area contributed by atoms with Crippen molar-refractivity contribution in [3.63, 3.8) is 0 Å². The van der Waals surface area contributed by atoms with Gasteiger partial charge in [0.25, 0.3) is 0 Å². The summed E-state index contributed by atoms with van der Waals surface area (Å²) in [6, 6.07) is 10.3. The summed E-state index contributed by atoms with van der Waals surface area (Å²) in [4.78, 5) is 23.8. The number of hydrogen-bond donors (Lipinski definition) is 1. The number of rotatable bonds is 5. The van der Waals surface area contributed by atoms with Crippen LogP contribution in [0.1, 0.15) is 54.3 Å². The van der Waals surface area contributed by atoms with Gasteiger partial charge in [-0.05, 0) is 58.9 Å². The molecule has 0 fully saturated rings. The summed E-state index contributed by atoms with van der Waals surface area (Å²) in [6.45, 7) is 13.1. The number of carboxylic acid groups (broad SMARTS) is 1. The maximum absolute atomic E-state index is 12.9. The van der Waals surface area contributed by atoms with Crippen LogP contribution in [0.2, 0.25) is 5.02 Å². The number of likely N-dealkylation sites (N-methyl/N-ethyl adjacent to an activating group) is 1. The maximum Gasteiger partial charge on any atom is 0.337 e. The van der Waals surface area contributed by atoms with Gasteiger partial charge in [-0.25, -0.2) is 9.78 Å². The second kappa shape index (κ2) is 9.87. The summed E-state index contributed by atoms with van der Waals surface area (Å²) in [5.74, 6) is -1.07. The Morgan fingerprint density at radius 2 is 1.88 bits per heavy atom. The van der Waals surface area contributed by atoms with Crippen LogP contribution in [-0.2, 0) is 29.0 Å². The van der Waals surface area contributed by atoms with Gasteiger partial charge in [0.2, 0.25) is 0 Å². The van der Waals surface area contributed by atoms with E-state index in [0.29, 0.717) is 17.1 Å². The van der Waals surface area contributed by atoms with Gasteiger partial charge in [-0.1, -0.05) is 52.8 Å². The van der Waals surface area contributed by atoms with E-state index in [2.05, 4.69) is 34.4 Å². The van der Waals surface area contributed by atoms with Crippen LogP contribution >= 0.6 is 22.9 Å². The van der Waals surface area contributed by atoms with E-state index in [9.17, 15) is 9.90 Å². The highest BCUT2D eigenvalue weighted by molar-refractivity contribution is 7.15. The number of benzene rings is 2. The number of hydrogen-bond acceptors (Lipinski definition) is 6. The number of carbonyl (C=O) groups is 1. The first-order chi connectivity index (χ1) is 18.9. The molecule has 1 N–H and O–H groups in total. The third-order valence-corrected chi connectivity index (χ3v) is 9.26. The molecular formula is C31H35ClN4O3S. The number of fused-ring (bicyclic) bond motifs is 1. The Balaban J connectivity index is 1.66. The highest BCUT2D eigenvalue weighted by atomic mass is 35.5. The molecule has 40 heavy (non-hydrogen) atoms. The largest absolute Gasteiger partial charge is 0.479 e. The van der Waals surface area contributed by atoms with Gasteiger partial charge in [0, 0.05) is 54.1 Å². The average Bonchev–Trinajstić information content (AvgIpc) is 3.45. The molecule has 4 aromatic rings. The summed E-state index contributed by atoms with van der Waals surface area (Å²) in [5, 5.41) is 12.8. The lowest BCUT2D eigenvalue weighted by molar-refractivity contribution is -0.160. The highest BCUT2D eigenvalue weighted by Crippen LogP contribution is 2.52. The third-order valence-electron chi connectivity index (χ3n) is 7.77. The standard InChI is InChI=1S/C31H35ClN4O3S/c1-17-7-9-19(10-8-17)23-20-15-18(2)35-13-14-36(30-33-21-11-12-34(6)16-22(21)40-30)27(26(20)35)25(32)24(23)28(29(37)38)39-31(3,4)5/h7-10,15,28H,11-14,16H2,1-6H3,(H,37,38)/t28-/m0/s1. The number of carboxylic acids is 1. The normalized spacial score (nSPS) is 16.4. The number of aromatic nitrogens is 2. The molecule has 9 heteroatoms. The zero-order chi connectivity index (χ0) is 28.5. The van der Waals surface area contributed by atoms with Crippen molar-refractivity contribution in [2.24, 2.45) is 0 Å². The van der Waals surface area contributed by atoms with Gasteiger partial charge in [-0.2, -0.15) is 0 Å². The fraction of sp³-hybridized carbons (Fsp3) is 0.419. The number of nitrogens with zero attached hydrogens (tertiary/aromatic N) is 4. The van der Waals surface area contributed by atoms with Crippen molar-refractivity contribution in [1.29, 1.82) is 0 Å². The lowest BCUT2D eigenvalue weighted by Gasteiger charge is -2.34. The Bertz CT molecular complexity index is 1630. The summed E-state index contributed by atoms with van der Waals surface area (Å²) in [7, 11) is 2.14. The van der Waals surface area contributed by atoms with Crippen molar-refractivity contribution < 1.29 is 14.6 Å². The maximum atomic E-state index is 12.9. The van der Waals surface area contributed by atoms with Gasteiger partial charge < -0.3 is 24.2 Å². The minimum atomic E-state index is -1.25. The Hall–Kier alpha value is -2.91. The molecule has 2 aromatic heterocycles. The van der Waals surface area contributed by atoms with Gasteiger partial charge in [0.1, 0.15) is 0 Å². The summed E-state index contributed by atoms with van der Waals surface area (Å²) in [5.41, 5.74) is 6.72. The Morgan fingerprint density at radius 1 is 1.15 bits per heavy atom. The van der Waals surface area contributed by atoms with Crippen molar-refractivity contribution in [2.75, 3.05) is 25.0 Å². The van der Waals surface area contributed by atoms with Crippen LogP contribution in [0.25, 0.3) is 22.0 Å². The van der Waals surface area contributed by atoms with Crippen LogP contribution in [0.5, 0.6) is 0 Å².